The van der Waals surface area contributed by atoms with Crippen LogP contribution in [0.5, 0.6) is 11.5 Å². The number of ether oxygens (including phenoxy) is 3. The van der Waals surface area contributed by atoms with Gasteiger partial charge < -0.3 is 19.3 Å². The molecule has 0 amide bonds. The van der Waals surface area contributed by atoms with Crippen LogP contribution in [0.2, 0.25) is 0 Å². The van der Waals surface area contributed by atoms with Crippen molar-refractivity contribution in [3.8, 4) is 11.5 Å². The van der Waals surface area contributed by atoms with Gasteiger partial charge in [0.25, 0.3) is 0 Å². The Kier molecular flexibility index (Phi) is 5.03. The van der Waals surface area contributed by atoms with Gasteiger partial charge in [-0.25, -0.2) is 4.79 Å². The number of carboxylic acids is 1. The molecule has 1 N–H and O–H groups in total. The summed E-state index contributed by atoms with van der Waals surface area (Å²) < 4.78 is 15.2. The average molecular weight is 238 g/mol. The fourth-order valence-corrected chi connectivity index (χ4v) is 1.20. The van der Waals surface area contributed by atoms with Gasteiger partial charge in [-0.2, -0.15) is 0 Å². The highest BCUT2D eigenvalue weighted by Crippen LogP contribution is 2.28. The Hall–Kier alpha value is -2.01. The second-order valence-electron chi connectivity index (χ2n) is 3.13. The maximum absolute atomic E-state index is 10.4. The van der Waals surface area contributed by atoms with Gasteiger partial charge >= 0.3 is 5.97 Å². The van der Waals surface area contributed by atoms with E-state index < -0.39 is 5.97 Å². The van der Waals surface area contributed by atoms with E-state index in [0.717, 1.165) is 6.08 Å². The van der Waals surface area contributed by atoms with Crippen LogP contribution in [0.15, 0.2) is 24.3 Å². The third-order valence-electron chi connectivity index (χ3n) is 1.94. The zero-order valence-corrected chi connectivity index (χ0v) is 9.67. The lowest BCUT2D eigenvalue weighted by Crippen LogP contribution is -2.00. The van der Waals surface area contributed by atoms with E-state index in [1.165, 1.54) is 20.3 Å². The molecule has 0 radical (unpaired) electrons. The van der Waals surface area contributed by atoms with Gasteiger partial charge in [0, 0.05) is 13.2 Å². The Morgan fingerprint density at radius 1 is 1.35 bits per heavy atom. The van der Waals surface area contributed by atoms with Crippen molar-refractivity contribution in [1.29, 1.82) is 0 Å². The third kappa shape index (κ3) is 4.16. The van der Waals surface area contributed by atoms with Gasteiger partial charge in [-0.1, -0.05) is 6.07 Å². The highest BCUT2D eigenvalue weighted by Gasteiger charge is 2.04. The van der Waals surface area contributed by atoms with Crippen molar-refractivity contribution in [2.45, 2.75) is 0 Å². The minimum Gasteiger partial charge on any atom is -0.493 e. The summed E-state index contributed by atoms with van der Waals surface area (Å²) in [4.78, 5) is 10.4. The van der Waals surface area contributed by atoms with Gasteiger partial charge in [0.15, 0.2) is 18.3 Å². The zero-order chi connectivity index (χ0) is 12.7. The van der Waals surface area contributed by atoms with Crippen LogP contribution < -0.4 is 9.47 Å². The van der Waals surface area contributed by atoms with Gasteiger partial charge in [0.1, 0.15) is 0 Å². The van der Waals surface area contributed by atoms with Crippen LogP contribution in [0.1, 0.15) is 5.56 Å². The lowest BCUT2D eigenvalue weighted by Gasteiger charge is -2.10. The molecule has 0 aliphatic heterocycles. The molecule has 0 heterocycles. The molecule has 0 aromatic heterocycles. The Balaban J connectivity index is 2.87. The lowest BCUT2D eigenvalue weighted by molar-refractivity contribution is -0.131. The number of hydrogen-bond donors (Lipinski definition) is 1. The van der Waals surface area contributed by atoms with E-state index in [-0.39, 0.29) is 6.79 Å². The third-order valence-corrected chi connectivity index (χ3v) is 1.94. The molecular weight excluding hydrogens is 224 g/mol. The molecule has 1 rings (SSSR count). The molecule has 0 bridgehead atoms. The molecule has 0 aliphatic carbocycles. The largest absolute Gasteiger partial charge is 0.493 e. The number of hydrogen-bond acceptors (Lipinski definition) is 4. The minimum atomic E-state index is -0.997. The molecule has 0 atom stereocenters. The van der Waals surface area contributed by atoms with Crippen molar-refractivity contribution in [2.75, 3.05) is 21.0 Å². The maximum Gasteiger partial charge on any atom is 0.328 e. The van der Waals surface area contributed by atoms with Crippen molar-refractivity contribution < 1.29 is 24.1 Å². The molecule has 0 saturated heterocycles. The fraction of sp³-hybridized carbons (Fsp3) is 0.250. The molecule has 5 nitrogen and oxygen atoms in total. The summed E-state index contributed by atoms with van der Waals surface area (Å²) in [6, 6.07) is 5.11. The first-order valence-electron chi connectivity index (χ1n) is 4.88. The van der Waals surface area contributed by atoms with Crippen molar-refractivity contribution in [3.05, 3.63) is 29.8 Å². The molecule has 5 heteroatoms. The molecule has 1 aromatic carbocycles. The number of benzene rings is 1. The maximum atomic E-state index is 10.4. The van der Waals surface area contributed by atoms with Crippen molar-refractivity contribution in [3.63, 3.8) is 0 Å². The molecule has 92 valence electrons. The normalized spacial score (nSPS) is 10.5. The number of carboxylic acid groups (broad SMARTS) is 1. The Bertz CT molecular complexity index is 411. The van der Waals surface area contributed by atoms with Gasteiger partial charge in [0.2, 0.25) is 0 Å². The van der Waals surface area contributed by atoms with E-state index in [2.05, 4.69) is 0 Å². The Morgan fingerprint density at radius 3 is 2.71 bits per heavy atom. The monoisotopic (exact) mass is 238 g/mol. The molecule has 1 aromatic rings. The smallest absolute Gasteiger partial charge is 0.328 e. The lowest BCUT2D eigenvalue weighted by atomic mass is 10.2. The van der Waals surface area contributed by atoms with Crippen LogP contribution in [-0.4, -0.2) is 32.1 Å². The summed E-state index contributed by atoms with van der Waals surface area (Å²) in [5, 5.41) is 8.51. The summed E-state index contributed by atoms with van der Waals surface area (Å²) in [6.07, 6.45) is 2.54. The van der Waals surface area contributed by atoms with Crippen molar-refractivity contribution >= 4 is 12.0 Å². The van der Waals surface area contributed by atoms with Crippen LogP contribution in [0.3, 0.4) is 0 Å². The number of carbonyl (C=O) groups is 1. The van der Waals surface area contributed by atoms with Crippen LogP contribution in [0, 0.1) is 0 Å². The molecule has 0 spiro atoms. The summed E-state index contributed by atoms with van der Waals surface area (Å²) in [7, 11) is 3.04. The molecule has 17 heavy (non-hydrogen) atoms. The SMILES string of the molecule is COCOc1ccc(C=CC(=O)O)cc1OC. The van der Waals surface area contributed by atoms with Gasteiger partial charge in [-0.3, -0.25) is 0 Å². The average Bonchev–Trinajstić information content (AvgIpc) is 2.34. The number of aliphatic carboxylic acids is 1. The highest BCUT2D eigenvalue weighted by molar-refractivity contribution is 5.85. The zero-order valence-electron chi connectivity index (χ0n) is 9.67. The number of methoxy groups -OCH3 is 2. The molecule has 0 fully saturated rings. The second kappa shape index (κ2) is 6.55. The second-order valence-corrected chi connectivity index (χ2v) is 3.13. The molecular formula is C12H14O5. The van der Waals surface area contributed by atoms with Crippen molar-refractivity contribution in [1.82, 2.24) is 0 Å². The predicted molar refractivity (Wildman–Crippen MR) is 62.2 cm³/mol. The van der Waals surface area contributed by atoms with Crippen LogP contribution in [0.4, 0.5) is 0 Å². The summed E-state index contributed by atoms with van der Waals surface area (Å²) in [5.41, 5.74) is 0.717. The summed E-state index contributed by atoms with van der Waals surface area (Å²) in [6.45, 7) is 0.126. The van der Waals surface area contributed by atoms with Crippen LogP contribution >= 0.6 is 0 Å². The quantitative estimate of drug-likeness (QED) is 0.604. The van der Waals surface area contributed by atoms with Crippen molar-refractivity contribution in [2.24, 2.45) is 0 Å². The first kappa shape index (κ1) is 13.1. The molecule has 0 saturated carbocycles. The first-order chi connectivity index (χ1) is 8.17. The van der Waals surface area contributed by atoms with E-state index in [0.29, 0.717) is 17.1 Å². The predicted octanol–water partition coefficient (Wildman–Crippen LogP) is 1.78. The topological polar surface area (TPSA) is 65.0 Å². The van der Waals surface area contributed by atoms with E-state index >= 15 is 0 Å². The standard InChI is InChI=1S/C12H14O5/c1-15-8-17-10-5-3-9(4-6-12(13)14)7-11(10)16-2/h3-7H,8H2,1-2H3,(H,13,14). The fourth-order valence-electron chi connectivity index (χ4n) is 1.20. The molecule has 0 aliphatic rings. The molecule has 0 unspecified atom stereocenters. The minimum absolute atomic E-state index is 0.126. The van der Waals surface area contributed by atoms with E-state index in [1.54, 1.807) is 18.2 Å². The van der Waals surface area contributed by atoms with Crippen LogP contribution in [-0.2, 0) is 9.53 Å². The van der Waals surface area contributed by atoms with E-state index in [1.807, 2.05) is 0 Å². The van der Waals surface area contributed by atoms with E-state index in [4.69, 9.17) is 19.3 Å². The number of rotatable bonds is 6. The van der Waals surface area contributed by atoms with E-state index in [9.17, 15) is 4.79 Å². The highest BCUT2D eigenvalue weighted by atomic mass is 16.7. The Labute approximate surface area is 99.2 Å². The summed E-state index contributed by atoms with van der Waals surface area (Å²) >= 11 is 0. The van der Waals surface area contributed by atoms with Gasteiger partial charge in [0.05, 0.1) is 7.11 Å². The first-order valence-corrected chi connectivity index (χ1v) is 4.88. The van der Waals surface area contributed by atoms with Crippen LogP contribution in [0.25, 0.3) is 6.08 Å². The van der Waals surface area contributed by atoms with Gasteiger partial charge in [-0.05, 0) is 23.8 Å². The Morgan fingerprint density at radius 2 is 2.12 bits per heavy atom. The summed E-state index contributed by atoms with van der Waals surface area (Å²) in [5.74, 6) is 0.0695. The van der Waals surface area contributed by atoms with Gasteiger partial charge in [-0.15, -0.1) is 0 Å².